The maximum atomic E-state index is 12.5. The number of benzene rings is 1. The first-order valence-corrected chi connectivity index (χ1v) is 10.1. The zero-order chi connectivity index (χ0) is 21.6. The molecule has 0 saturated carbocycles. The van der Waals surface area contributed by atoms with Gasteiger partial charge in [-0.1, -0.05) is 26.0 Å². The van der Waals surface area contributed by atoms with E-state index in [-0.39, 0.29) is 24.1 Å². The van der Waals surface area contributed by atoms with Gasteiger partial charge in [0.2, 0.25) is 5.91 Å². The van der Waals surface area contributed by atoms with Gasteiger partial charge in [-0.25, -0.2) is 9.78 Å². The summed E-state index contributed by atoms with van der Waals surface area (Å²) >= 11 is 1.48. The molecule has 0 bridgehead atoms. The molecule has 0 saturated heterocycles. The van der Waals surface area contributed by atoms with Crippen molar-refractivity contribution in [3.8, 4) is 0 Å². The largest absolute Gasteiger partial charge is 0.465 e. The maximum absolute atomic E-state index is 12.5. The topological polar surface area (TPSA) is 134 Å². The summed E-state index contributed by atoms with van der Waals surface area (Å²) in [6.45, 7) is 5.52. The van der Waals surface area contributed by atoms with E-state index in [0.29, 0.717) is 0 Å². The van der Waals surface area contributed by atoms with Crippen LogP contribution < -0.4 is 10.6 Å². The number of nitrogens with zero attached hydrogens (tertiary/aromatic N) is 2. The molecule has 3 N–H and O–H groups in total. The normalized spacial score (nSPS) is 13.9. The molecule has 10 heteroatoms. The third-order valence-corrected chi connectivity index (χ3v) is 5.74. The van der Waals surface area contributed by atoms with Crippen LogP contribution in [0.15, 0.2) is 29.6 Å². The first kappa shape index (κ1) is 22.3. The number of aromatic nitrogens is 1. The van der Waals surface area contributed by atoms with Crippen LogP contribution in [0.3, 0.4) is 0 Å². The molecule has 2 amide bonds. The third kappa shape index (κ3) is 5.98. The van der Waals surface area contributed by atoms with Crippen molar-refractivity contribution in [3.05, 3.63) is 56.0 Å². The van der Waals surface area contributed by atoms with Crippen LogP contribution >= 0.6 is 11.3 Å². The summed E-state index contributed by atoms with van der Waals surface area (Å²) in [6.07, 6.45) is -0.401. The summed E-state index contributed by atoms with van der Waals surface area (Å²) in [4.78, 5) is 38.3. The van der Waals surface area contributed by atoms with Crippen molar-refractivity contribution in [2.24, 2.45) is 5.92 Å². The number of aryl methyl sites for hydroxylation is 1. The van der Waals surface area contributed by atoms with E-state index < -0.39 is 23.0 Å². The van der Waals surface area contributed by atoms with Crippen LogP contribution in [-0.2, 0) is 11.2 Å². The van der Waals surface area contributed by atoms with Crippen molar-refractivity contribution in [3.63, 3.8) is 0 Å². The quantitative estimate of drug-likeness (QED) is 0.421. The second-order valence-electron chi connectivity index (χ2n) is 6.70. The first-order valence-electron chi connectivity index (χ1n) is 9.18. The predicted octanol–water partition coefficient (Wildman–Crippen LogP) is 3.15. The first-order chi connectivity index (χ1) is 13.7. The molecule has 9 nitrogen and oxygen atoms in total. The number of nitro groups is 1. The summed E-state index contributed by atoms with van der Waals surface area (Å²) in [7, 11) is 0. The molecular weight excluding hydrogens is 396 g/mol. The average molecular weight is 420 g/mol. The van der Waals surface area contributed by atoms with Gasteiger partial charge in [0.05, 0.1) is 22.5 Å². The molecule has 1 unspecified atom stereocenters. The molecule has 1 aromatic heterocycles. The van der Waals surface area contributed by atoms with Gasteiger partial charge in [0.15, 0.2) is 0 Å². The second-order valence-corrected chi connectivity index (χ2v) is 7.59. The Hall–Kier alpha value is -3.01. The minimum atomic E-state index is -1.18. The monoisotopic (exact) mass is 420 g/mol. The van der Waals surface area contributed by atoms with E-state index in [1.54, 1.807) is 26.0 Å². The SMILES string of the molecule is CCc1csc([C@@H](CNC(=O)[C@@H](C)C(C)NC(=O)O)c2ccc([N+](=O)[O-])cc2)n1. The lowest BCUT2D eigenvalue weighted by Crippen LogP contribution is -2.44. The predicted molar refractivity (Wildman–Crippen MR) is 109 cm³/mol. The molecular formula is C19H24N4O5S. The van der Waals surface area contributed by atoms with E-state index >= 15 is 0 Å². The van der Waals surface area contributed by atoms with Gasteiger partial charge in [0, 0.05) is 30.1 Å². The lowest BCUT2D eigenvalue weighted by Gasteiger charge is -2.21. The van der Waals surface area contributed by atoms with Crippen LogP contribution in [-0.4, -0.2) is 39.6 Å². The van der Waals surface area contributed by atoms with E-state index in [1.807, 2.05) is 12.3 Å². The molecule has 0 aliphatic heterocycles. The van der Waals surface area contributed by atoms with E-state index in [1.165, 1.54) is 23.5 Å². The number of carbonyl (C=O) groups excluding carboxylic acids is 1. The van der Waals surface area contributed by atoms with E-state index in [0.717, 1.165) is 22.7 Å². The summed E-state index contributed by atoms with van der Waals surface area (Å²) < 4.78 is 0. The van der Waals surface area contributed by atoms with E-state index in [9.17, 15) is 19.7 Å². The molecule has 1 heterocycles. The number of hydrogen-bond acceptors (Lipinski definition) is 6. The molecule has 1 aromatic carbocycles. The standard InChI is InChI=1S/C19H24N4O5S/c1-4-14-10-29-18(22-14)16(13-5-7-15(8-6-13)23(27)28)9-20-17(24)11(2)12(3)21-19(25)26/h5-8,10-12,16,21H,4,9H2,1-3H3,(H,20,24)(H,25,26)/t11-,12?,16-/m0/s1. The Bertz CT molecular complexity index is 868. The van der Waals surface area contributed by atoms with Gasteiger partial charge in [-0.05, 0) is 18.9 Å². The molecule has 3 atom stereocenters. The fourth-order valence-corrected chi connectivity index (χ4v) is 3.76. The molecule has 156 valence electrons. The fraction of sp³-hybridized carbons (Fsp3) is 0.421. The number of rotatable bonds is 9. The number of hydrogen-bond donors (Lipinski definition) is 3. The smallest absolute Gasteiger partial charge is 0.404 e. The summed E-state index contributed by atoms with van der Waals surface area (Å²) in [5.74, 6) is -1.11. The molecule has 0 spiro atoms. The highest BCUT2D eigenvalue weighted by molar-refractivity contribution is 7.09. The highest BCUT2D eigenvalue weighted by Crippen LogP contribution is 2.28. The van der Waals surface area contributed by atoms with Crippen molar-refractivity contribution in [2.45, 2.75) is 39.2 Å². The molecule has 2 aromatic rings. The van der Waals surface area contributed by atoms with E-state index in [4.69, 9.17) is 5.11 Å². The van der Waals surface area contributed by atoms with E-state index in [2.05, 4.69) is 15.6 Å². The third-order valence-electron chi connectivity index (χ3n) is 4.73. The second kappa shape index (κ2) is 9.97. The maximum Gasteiger partial charge on any atom is 0.404 e. The number of amides is 2. The van der Waals surface area contributed by atoms with Crippen molar-refractivity contribution < 1.29 is 19.6 Å². The van der Waals surface area contributed by atoms with Crippen LogP contribution in [0.1, 0.15) is 43.0 Å². The van der Waals surface area contributed by atoms with Crippen molar-refractivity contribution in [1.29, 1.82) is 0 Å². The minimum absolute atomic E-state index is 0.00730. The van der Waals surface area contributed by atoms with Gasteiger partial charge < -0.3 is 15.7 Å². The van der Waals surface area contributed by atoms with Crippen LogP contribution in [0.5, 0.6) is 0 Å². The van der Waals surface area contributed by atoms with Crippen molar-refractivity contribution in [1.82, 2.24) is 15.6 Å². The number of thiazole rings is 1. The Labute approximate surface area is 172 Å². The highest BCUT2D eigenvalue weighted by Gasteiger charge is 2.24. The lowest BCUT2D eigenvalue weighted by atomic mass is 9.98. The molecule has 0 radical (unpaired) electrons. The molecule has 29 heavy (non-hydrogen) atoms. The molecule has 0 fully saturated rings. The highest BCUT2D eigenvalue weighted by atomic mass is 32.1. The lowest BCUT2D eigenvalue weighted by molar-refractivity contribution is -0.384. The number of carbonyl (C=O) groups is 2. The number of nitrogens with one attached hydrogen (secondary N) is 2. The number of non-ortho nitro benzene ring substituents is 1. The van der Waals surface area contributed by atoms with Crippen LogP contribution in [0.4, 0.5) is 10.5 Å². The summed E-state index contributed by atoms with van der Waals surface area (Å²) in [5.41, 5.74) is 1.74. The van der Waals surface area contributed by atoms with Crippen LogP contribution in [0, 0.1) is 16.0 Å². The average Bonchev–Trinajstić information content (AvgIpc) is 3.16. The van der Waals surface area contributed by atoms with Gasteiger partial charge in [-0.2, -0.15) is 0 Å². The van der Waals surface area contributed by atoms with Crippen molar-refractivity contribution in [2.75, 3.05) is 6.54 Å². The molecule has 0 aliphatic rings. The Morgan fingerprint density at radius 1 is 1.28 bits per heavy atom. The van der Waals surface area contributed by atoms with Gasteiger partial charge in [-0.3, -0.25) is 14.9 Å². The minimum Gasteiger partial charge on any atom is -0.465 e. The Morgan fingerprint density at radius 2 is 1.93 bits per heavy atom. The van der Waals surface area contributed by atoms with Crippen LogP contribution in [0.25, 0.3) is 0 Å². The Morgan fingerprint density at radius 3 is 2.45 bits per heavy atom. The van der Waals surface area contributed by atoms with Crippen LogP contribution in [0.2, 0.25) is 0 Å². The van der Waals surface area contributed by atoms with Gasteiger partial charge in [-0.15, -0.1) is 11.3 Å². The molecule has 0 aliphatic carbocycles. The zero-order valence-corrected chi connectivity index (χ0v) is 17.2. The number of carboxylic acid groups (broad SMARTS) is 1. The zero-order valence-electron chi connectivity index (χ0n) is 16.4. The summed E-state index contributed by atoms with van der Waals surface area (Å²) in [6, 6.07) is 5.65. The van der Waals surface area contributed by atoms with Gasteiger partial charge >= 0.3 is 6.09 Å². The van der Waals surface area contributed by atoms with Gasteiger partial charge in [0.1, 0.15) is 5.01 Å². The Kier molecular flexibility index (Phi) is 7.66. The van der Waals surface area contributed by atoms with Crippen molar-refractivity contribution >= 4 is 29.0 Å². The summed E-state index contributed by atoms with van der Waals surface area (Å²) in [5, 5.41) is 27.6. The molecule has 2 rings (SSSR count). The van der Waals surface area contributed by atoms with Gasteiger partial charge in [0.25, 0.3) is 5.69 Å². The Balaban J connectivity index is 2.18. The fourth-order valence-electron chi connectivity index (χ4n) is 2.73. The number of nitro benzene ring substituents is 1.